The SMILES string of the molecule is CCN(CC(=O)O)C1CC(NC(=O)C(Cc2ccccc2)C(C)C)C1. The molecular formula is C20H30N2O3. The Morgan fingerprint density at radius 1 is 1.24 bits per heavy atom. The van der Waals surface area contributed by atoms with Crippen LogP contribution in [-0.4, -0.2) is 47.1 Å². The average molecular weight is 346 g/mol. The summed E-state index contributed by atoms with van der Waals surface area (Å²) in [5.41, 5.74) is 1.18. The molecule has 0 aliphatic heterocycles. The van der Waals surface area contributed by atoms with E-state index < -0.39 is 5.97 Å². The van der Waals surface area contributed by atoms with E-state index in [4.69, 9.17) is 5.11 Å². The van der Waals surface area contributed by atoms with E-state index in [0.29, 0.717) is 0 Å². The summed E-state index contributed by atoms with van der Waals surface area (Å²) in [7, 11) is 0. The van der Waals surface area contributed by atoms with Gasteiger partial charge in [-0.2, -0.15) is 0 Å². The Kier molecular flexibility index (Phi) is 7.00. The topological polar surface area (TPSA) is 69.6 Å². The van der Waals surface area contributed by atoms with Gasteiger partial charge in [-0.1, -0.05) is 51.1 Å². The number of aliphatic carboxylic acids is 1. The van der Waals surface area contributed by atoms with Crippen LogP contribution in [0.2, 0.25) is 0 Å². The van der Waals surface area contributed by atoms with Crippen LogP contribution in [0.3, 0.4) is 0 Å². The van der Waals surface area contributed by atoms with Crippen molar-refractivity contribution < 1.29 is 14.7 Å². The molecule has 1 saturated carbocycles. The van der Waals surface area contributed by atoms with Crippen molar-refractivity contribution in [3.8, 4) is 0 Å². The molecule has 1 unspecified atom stereocenters. The van der Waals surface area contributed by atoms with Gasteiger partial charge < -0.3 is 10.4 Å². The summed E-state index contributed by atoms with van der Waals surface area (Å²) in [6.45, 7) is 6.94. The van der Waals surface area contributed by atoms with Crippen LogP contribution >= 0.6 is 0 Å². The molecule has 0 saturated heterocycles. The number of carboxylic acid groups (broad SMARTS) is 1. The molecule has 2 rings (SSSR count). The van der Waals surface area contributed by atoms with Crippen LogP contribution in [0.25, 0.3) is 0 Å². The number of carbonyl (C=O) groups is 2. The molecule has 138 valence electrons. The van der Waals surface area contributed by atoms with Gasteiger partial charge in [0.05, 0.1) is 6.54 Å². The number of amides is 1. The smallest absolute Gasteiger partial charge is 0.317 e. The van der Waals surface area contributed by atoms with Gasteiger partial charge in [-0.15, -0.1) is 0 Å². The fourth-order valence-corrected chi connectivity index (χ4v) is 3.48. The molecule has 0 aromatic heterocycles. The second-order valence-corrected chi connectivity index (χ2v) is 7.33. The van der Waals surface area contributed by atoms with E-state index in [1.165, 1.54) is 5.56 Å². The molecule has 1 atom stereocenters. The van der Waals surface area contributed by atoms with Gasteiger partial charge in [-0.05, 0) is 37.3 Å². The zero-order chi connectivity index (χ0) is 18.4. The summed E-state index contributed by atoms with van der Waals surface area (Å²) in [4.78, 5) is 25.6. The van der Waals surface area contributed by atoms with Crippen molar-refractivity contribution in [1.29, 1.82) is 0 Å². The van der Waals surface area contributed by atoms with E-state index >= 15 is 0 Å². The molecule has 0 spiro atoms. The first-order valence-electron chi connectivity index (χ1n) is 9.20. The largest absolute Gasteiger partial charge is 0.480 e. The normalized spacial score (nSPS) is 21.0. The molecular weight excluding hydrogens is 316 g/mol. The molecule has 1 fully saturated rings. The average Bonchev–Trinajstić information content (AvgIpc) is 2.54. The highest BCUT2D eigenvalue weighted by Crippen LogP contribution is 2.27. The first-order valence-corrected chi connectivity index (χ1v) is 9.20. The van der Waals surface area contributed by atoms with E-state index in [1.807, 2.05) is 30.0 Å². The van der Waals surface area contributed by atoms with E-state index in [0.717, 1.165) is 25.8 Å². The molecule has 1 aromatic rings. The lowest BCUT2D eigenvalue weighted by atomic mass is 9.83. The Morgan fingerprint density at radius 3 is 2.40 bits per heavy atom. The second kappa shape index (κ2) is 8.99. The lowest BCUT2D eigenvalue weighted by Gasteiger charge is -2.42. The Labute approximate surface area is 150 Å². The Morgan fingerprint density at radius 2 is 1.88 bits per heavy atom. The minimum absolute atomic E-state index is 0.0391. The number of nitrogens with zero attached hydrogens (tertiary/aromatic N) is 1. The first-order chi connectivity index (χ1) is 11.9. The number of nitrogens with one attached hydrogen (secondary N) is 1. The third-order valence-corrected chi connectivity index (χ3v) is 5.16. The highest BCUT2D eigenvalue weighted by atomic mass is 16.4. The maximum atomic E-state index is 12.7. The van der Waals surface area contributed by atoms with Gasteiger partial charge in [-0.25, -0.2) is 0 Å². The predicted octanol–water partition coefficient (Wildman–Crippen LogP) is 2.56. The molecule has 5 nitrogen and oxygen atoms in total. The molecule has 0 radical (unpaired) electrons. The first kappa shape index (κ1) is 19.4. The number of hydrogen-bond acceptors (Lipinski definition) is 3. The van der Waals surface area contributed by atoms with Gasteiger partial charge >= 0.3 is 5.97 Å². The van der Waals surface area contributed by atoms with Crippen LogP contribution in [0, 0.1) is 11.8 Å². The van der Waals surface area contributed by atoms with Crippen molar-refractivity contribution in [1.82, 2.24) is 10.2 Å². The van der Waals surface area contributed by atoms with Crippen LogP contribution in [0.5, 0.6) is 0 Å². The fourth-order valence-electron chi connectivity index (χ4n) is 3.48. The van der Waals surface area contributed by atoms with Crippen LogP contribution in [-0.2, 0) is 16.0 Å². The summed E-state index contributed by atoms with van der Waals surface area (Å²) >= 11 is 0. The number of hydrogen-bond donors (Lipinski definition) is 2. The third-order valence-electron chi connectivity index (χ3n) is 5.16. The molecule has 1 amide bonds. The Balaban J connectivity index is 1.85. The summed E-state index contributed by atoms with van der Waals surface area (Å²) < 4.78 is 0. The number of carboxylic acids is 1. The van der Waals surface area contributed by atoms with E-state index in [1.54, 1.807) is 0 Å². The van der Waals surface area contributed by atoms with Crippen molar-refractivity contribution >= 4 is 11.9 Å². The quantitative estimate of drug-likeness (QED) is 0.721. The molecule has 1 aliphatic rings. The van der Waals surface area contributed by atoms with Crippen molar-refractivity contribution in [2.45, 2.75) is 52.1 Å². The number of carbonyl (C=O) groups excluding carboxylic acids is 1. The van der Waals surface area contributed by atoms with Crippen LogP contribution < -0.4 is 5.32 Å². The molecule has 5 heteroatoms. The molecule has 0 heterocycles. The zero-order valence-electron chi connectivity index (χ0n) is 15.4. The highest BCUT2D eigenvalue weighted by Gasteiger charge is 2.36. The van der Waals surface area contributed by atoms with Crippen molar-refractivity contribution in [2.24, 2.45) is 11.8 Å². The monoisotopic (exact) mass is 346 g/mol. The predicted molar refractivity (Wildman–Crippen MR) is 98.3 cm³/mol. The van der Waals surface area contributed by atoms with E-state index in [9.17, 15) is 9.59 Å². The minimum atomic E-state index is -0.794. The molecule has 25 heavy (non-hydrogen) atoms. The van der Waals surface area contributed by atoms with Gasteiger partial charge in [0.25, 0.3) is 0 Å². The second-order valence-electron chi connectivity index (χ2n) is 7.33. The minimum Gasteiger partial charge on any atom is -0.480 e. The third kappa shape index (κ3) is 5.56. The number of rotatable bonds is 9. The summed E-state index contributed by atoms with van der Waals surface area (Å²) in [5.74, 6) is -0.446. The molecule has 2 N–H and O–H groups in total. The number of likely N-dealkylation sites (N-methyl/N-ethyl adjacent to an activating group) is 1. The highest BCUT2D eigenvalue weighted by molar-refractivity contribution is 5.79. The van der Waals surface area contributed by atoms with E-state index in [2.05, 4.69) is 31.3 Å². The summed E-state index contributed by atoms with van der Waals surface area (Å²) in [6, 6.07) is 10.5. The number of benzene rings is 1. The summed E-state index contributed by atoms with van der Waals surface area (Å²) in [6.07, 6.45) is 2.42. The lowest BCUT2D eigenvalue weighted by molar-refractivity contribution is -0.140. The van der Waals surface area contributed by atoms with Crippen LogP contribution in [0.15, 0.2) is 30.3 Å². The Bertz CT molecular complexity index is 568. The van der Waals surface area contributed by atoms with Gasteiger partial charge in [0.2, 0.25) is 5.91 Å². The van der Waals surface area contributed by atoms with Crippen molar-refractivity contribution in [2.75, 3.05) is 13.1 Å². The maximum absolute atomic E-state index is 12.7. The van der Waals surface area contributed by atoms with Crippen molar-refractivity contribution in [3.05, 3.63) is 35.9 Å². The summed E-state index contributed by atoms with van der Waals surface area (Å²) in [5, 5.41) is 12.1. The van der Waals surface area contributed by atoms with Crippen LogP contribution in [0.1, 0.15) is 39.2 Å². The van der Waals surface area contributed by atoms with Crippen molar-refractivity contribution in [3.63, 3.8) is 0 Å². The fraction of sp³-hybridized carbons (Fsp3) is 0.600. The van der Waals surface area contributed by atoms with E-state index in [-0.39, 0.29) is 36.4 Å². The lowest BCUT2D eigenvalue weighted by Crippen LogP contribution is -2.56. The molecule has 1 aliphatic carbocycles. The van der Waals surface area contributed by atoms with Gasteiger partial charge in [-0.3, -0.25) is 14.5 Å². The Hall–Kier alpha value is -1.88. The molecule has 1 aromatic carbocycles. The van der Waals surface area contributed by atoms with Gasteiger partial charge in [0, 0.05) is 18.0 Å². The van der Waals surface area contributed by atoms with Gasteiger partial charge in [0.15, 0.2) is 0 Å². The maximum Gasteiger partial charge on any atom is 0.317 e. The standard InChI is InChI=1S/C20H30N2O3/c1-4-22(13-19(23)24)17-11-16(12-17)21-20(25)18(14(2)3)10-15-8-6-5-7-9-15/h5-9,14,16-18H,4,10-13H2,1-3H3,(H,21,25)(H,23,24). The zero-order valence-corrected chi connectivity index (χ0v) is 15.4. The van der Waals surface area contributed by atoms with Gasteiger partial charge in [0.1, 0.15) is 0 Å². The molecule has 0 bridgehead atoms. The van der Waals surface area contributed by atoms with Crippen LogP contribution in [0.4, 0.5) is 0 Å².